The molecule has 0 aliphatic rings. The van der Waals surface area contributed by atoms with Gasteiger partial charge in [0.05, 0.1) is 0 Å². The molecule has 22 heavy (non-hydrogen) atoms. The summed E-state index contributed by atoms with van der Waals surface area (Å²) in [7, 11) is 0. The van der Waals surface area contributed by atoms with Crippen LogP contribution < -0.4 is 10.6 Å². The second-order valence-corrected chi connectivity index (χ2v) is 5.49. The number of nitrogens with one attached hydrogen (secondary N) is 2. The van der Waals surface area contributed by atoms with Crippen LogP contribution in [0.3, 0.4) is 0 Å². The number of carbonyl (C=O) groups is 2. The van der Waals surface area contributed by atoms with Crippen molar-refractivity contribution < 1.29 is 19.4 Å². The summed E-state index contributed by atoms with van der Waals surface area (Å²) in [5.41, 5.74) is 0.881. The Bertz CT molecular complexity index is 456. The zero-order valence-electron chi connectivity index (χ0n) is 12.6. The van der Waals surface area contributed by atoms with Crippen LogP contribution in [-0.2, 0) is 16.1 Å². The van der Waals surface area contributed by atoms with Crippen LogP contribution in [-0.4, -0.2) is 48.3 Å². The van der Waals surface area contributed by atoms with Gasteiger partial charge in [0.2, 0.25) is 5.91 Å². The summed E-state index contributed by atoms with van der Waals surface area (Å²) in [6, 6.07) is 8.66. The highest BCUT2D eigenvalue weighted by atomic mass is 32.2. The molecule has 0 aliphatic heterocycles. The van der Waals surface area contributed by atoms with Crippen molar-refractivity contribution in [3.8, 4) is 0 Å². The number of carbonyl (C=O) groups excluding carboxylic acids is 2. The topological polar surface area (TPSA) is 87.7 Å². The van der Waals surface area contributed by atoms with Crippen molar-refractivity contribution in [1.82, 2.24) is 10.6 Å². The molecule has 0 fully saturated rings. The molecule has 0 radical (unpaired) electrons. The predicted molar refractivity (Wildman–Crippen MR) is 86.6 cm³/mol. The predicted octanol–water partition coefficient (Wildman–Crippen LogP) is 1.14. The van der Waals surface area contributed by atoms with E-state index in [-0.39, 0.29) is 19.1 Å². The average Bonchev–Trinajstić information content (AvgIpc) is 2.53. The molecular formula is C15H22N2O4S. The molecule has 1 aromatic rings. The van der Waals surface area contributed by atoms with Crippen LogP contribution in [0.1, 0.15) is 12.0 Å². The number of rotatable bonds is 9. The Morgan fingerprint density at radius 1 is 1.32 bits per heavy atom. The minimum Gasteiger partial charge on any atom is -0.445 e. The number of aliphatic hydroxyl groups is 1. The first-order valence-electron chi connectivity index (χ1n) is 7.02. The van der Waals surface area contributed by atoms with Crippen molar-refractivity contribution in [2.45, 2.75) is 19.1 Å². The molecule has 1 atom stereocenters. The van der Waals surface area contributed by atoms with Crippen LogP contribution in [0.15, 0.2) is 30.3 Å². The molecule has 6 nitrogen and oxygen atoms in total. The molecule has 0 aliphatic carbocycles. The van der Waals surface area contributed by atoms with Gasteiger partial charge < -0.3 is 20.5 Å². The molecule has 1 aromatic carbocycles. The fourth-order valence-electron chi connectivity index (χ4n) is 1.67. The Morgan fingerprint density at radius 3 is 2.68 bits per heavy atom. The lowest BCUT2D eigenvalue weighted by atomic mass is 10.2. The number of thioether (sulfide) groups is 1. The highest BCUT2D eigenvalue weighted by molar-refractivity contribution is 7.98. The molecule has 122 valence electrons. The van der Waals surface area contributed by atoms with Gasteiger partial charge in [0.1, 0.15) is 12.6 Å². The second-order valence-electron chi connectivity index (χ2n) is 4.58. The van der Waals surface area contributed by atoms with Crippen molar-refractivity contribution in [2.75, 3.05) is 25.2 Å². The van der Waals surface area contributed by atoms with E-state index in [1.807, 2.05) is 36.6 Å². The lowest BCUT2D eigenvalue weighted by Gasteiger charge is -2.17. The number of ether oxygens (including phenoxy) is 1. The smallest absolute Gasteiger partial charge is 0.408 e. The maximum atomic E-state index is 11.9. The molecule has 0 heterocycles. The Labute approximate surface area is 134 Å². The van der Waals surface area contributed by atoms with Crippen LogP contribution >= 0.6 is 11.8 Å². The van der Waals surface area contributed by atoms with E-state index in [9.17, 15) is 9.59 Å². The third-order valence-corrected chi connectivity index (χ3v) is 3.46. The summed E-state index contributed by atoms with van der Waals surface area (Å²) < 4.78 is 5.10. The normalized spacial score (nSPS) is 11.5. The SMILES string of the molecule is CSCC(NC(=O)OCc1ccccc1)C(=O)NCCCO. The summed E-state index contributed by atoms with van der Waals surface area (Å²) in [5.74, 6) is 0.172. The molecule has 2 amide bonds. The van der Waals surface area contributed by atoms with Crippen molar-refractivity contribution in [1.29, 1.82) is 0 Å². The standard InChI is InChI=1S/C15H22N2O4S/c1-22-11-13(14(19)16-8-5-9-18)17-15(20)21-10-12-6-3-2-4-7-12/h2-4,6-7,13,18H,5,8-11H2,1H3,(H,16,19)(H,17,20). The van der Waals surface area contributed by atoms with Gasteiger partial charge in [0.15, 0.2) is 0 Å². The molecule has 0 saturated heterocycles. The van der Waals surface area contributed by atoms with E-state index in [4.69, 9.17) is 9.84 Å². The average molecular weight is 326 g/mol. The van der Waals surface area contributed by atoms with Crippen molar-refractivity contribution in [3.05, 3.63) is 35.9 Å². The zero-order chi connectivity index (χ0) is 16.2. The van der Waals surface area contributed by atoms with Gasteiger partial charge in [-0.15, -0.1) is 0 Å². The molecule has 1 rings (SSSR count). The molecule has 0 aromatic heterocycles. The molecule has 3 N–H and O–H groups in total. The number of amides is 2. The van der Waals surface area contributed by atoms with Crippen LogP contribution in [0.25, 0.3) is 0 Å². The quantitative estimate of drug-likeness (QED) is 0.592. The highest BCUT2D eigenvalue weighted by Crippen LogP contribution is 2.02. The molecule has 7 heteroatoms. The van der Waals surface area contributed by atoms with Crippen molar-refractivity contribution in [2.24, 2.45) is 0 Å². The Morgan fingerprint density at radius 2 is 2.05 bits per heavy atom. The summed E-state index contributed by atoms with van der Waals surface area (Å²) in [6.45, 7) is 0.547. The first-order valence-corrected chi connectivity index (χ1v) is 8.41. The lowest BCUT2D eigenvalue weighted by Crippen LogP contribution is -2.48. The lowest BCUT2D eigenvalue weighted by molar-refractivity contribution is -0.122. The Balaban J connectivity index is 2.40. The van der Waals surface area contributed by atoms with Gasteiger partial charge in [-0.05, 0) is 18.2 Å². The summed E-state index contributed by atoms with van der Waals surface area (Å²) in [5, 5.41) is 13.9. The van der Waals surface area contributed by atoms with Gasteiger partial charge >= 0.3 is 6.09 Å². The third-order valence-electron chi connectivity index (χ3n) is 2.79. The minimum atomic E-state index is -0.656. The maximum Gasteiger partial charge on any atom is 0.408 e. The Kier molecular flexibility index (Phi) is 9.09. The number of benzene rings is 1. The van der Waals surface area contributed by atoms with E-state index >= 15 is 0 Å². The van der Waals surface area contributed by atoms with Crippen LogP contribution in [0.4, 0.5) is 4.79 Å². The first kappa shape index (κ1) is 18.3. The summed E-state index contributed by atoms with van der Waals surface area (Å²) >= 11 is 1.45. The number of alkyl carbamates (subject to hydrolysis) is 1. The molecule has 0 spiro atoms. The van der Waals surface area contributed by atoms with Gasteiger partial charge in [-0.2, -0.15) is 11.8 Å². The number of hydrogen-bond donors (Lipinski definition) is 3. The van der Waals surface area contributed by atoms with Gasteiger partial charge in [-0.1, -0.05) is 30.3 Å². The van der Waals surface area contributed by atoms with E-state index in [0.29, 0.717) is 18.7 Å². The van der Waals surface area contributed by atoms with Gasteiger partial charge in [0, 0.05) is 18.9 Å². The fourth-order valence-corrected chi connectivity index (χ4v) is 2.24. The number of aliphatic hydroxyl groups excluding tert-OH is 1. The van der Waals surface area contributed by atoms with Crippen LogP contribution in [0.5, 0.6) is 0 Å². The van der Waals surface area contributed by atoms with Gasteiger partial charge in [0.25, 0.3) is 0 Å². The molecule has 1 unspecified atom stereocenters. The monoisotopic (exact) mass is 326 g/mol. The summed E-state index contributed by atoms with van der Waals surface area (Å²) in [4.78, 5) is 23.7. The van der Waals surface area contributed by atoms with Gasteiger partial charge in [-0.3, -0.25) is 4.79 Å². The van der Waals surface area contributed by atoms with Crippen molar-refractivity contribution >= 4 is 23.8 Å². The van der Waals surface area contributed by atoms with E-state index in [1.165, 1.54) is 11.8 Å². The summed E-state index contributed by atoms with van der Waals surface area (Å²) in [6.07, 6.45) is 1.71. The number of hydrogen-bond acceptors (Lipinski definition) is 5. The minimum absolute atomic E-state index is 0.0139. The van der Waals surface area contributed by atoms with Crippen LogP contribution in [0.2, 0.25) is 0 Å². The zero-order valence-corrected chi connectivity index (χ0v) is 13.4. The van der Waals surface area contributed by atoms with Gasteiger partial charge in [-0.25, -0.2) is 4.79 Å². The first-order chi connectivity index (χ1) is 10.7. The van der Waals surface area contributed by atoms with Crippen molar-refractivity contribution in [3.63, 3.8) is 0 Å². The molecule has 0 saturated carbocycles. The van der Waals surface area contributed by atoms with E-state index in [0.717, 1.165) is 5.56 Å². The van der Waals surface area contributed by atoms with E-state index in [1.54, 1.807) is 0 Å². The fraction of sp³-hybridized carbons (Fsp3) is 0.467. The van der Waals surface area contributed by atoms with Crippen LogP contribution in [0, 0.1) is 0 Å². The highest BCUT2D eigenvalue weighted by Gasteiger charge is 2.20. The largest absolute Gasteiger partial charge is 0.445 e. The second kappa shape index (κ2) is 10.9. The molecule has 0 bridgehead atoms. The van der Waals surface area contributed by atoms with E-state index in [2.05, 4.69) is 10.6 Å². The van der Waals surface area contributed by atoms with E-state index < -0.39 is 12.1 Å². The third kappa shape index (κ3) is 7.33. The maximum absolute atomic E-state index is 11.9. The Hall–Kier alpha value is -1.73. The molecular weight excluding hydrogens is 304 g/mol.